The highest BCUT2D eigenvalue weighted by Crippen LogP contribution is 2.32. The maximum absolute atomic E-state index is 6.01. The molecule has 22 heavy (non-hydrogen) atoms. The topological polar surface area (TPSA) is 30.2 Å². The summed E-state index contributed by atoms with van der Waals surface area (Å²) in [5.41, 5.74) is 4.24. The Balaban J connectivity index is 1.58. The van der Waals surface area contributed by atoms with Crippen LogP contribution in [0.2, 0.25) is 5.02 Å². The summed E-state index contributed by atoms with van der Waals surface area (Å²) in [6.45, 7) is 2.08. The number of benzene rings is 1. The number of hydrogen-bond acceptors (Lipinski definition) is 4. The molecule has 0 aliphatic heterocycles. The Kier molecular flexibility index (Phi) is 3.56. The Morgan fingerprint density at radius 3 is 3.05 bits per heavy atom. The highest BCUT2D eigenvalue weighted by molar-refractivity contribution is 8.00. The average molecular weight is 346 g/mol. The smallest absolute Gasteiger partial charge is 0.151 e. The summed E-state index contributed by atoms with van der Waals surface area (Å²) in [7, 11) is 0. The molecule has 0 radical (unpaired) electrons. The number of nitrogens with zero attached hydrogens (tertiary/aromatic N) is 3. The number of halogens is 1. The Bertz CT molecular complexity index is 974. The van der Waals surface area contributed by atoms with Gasteiger partial charge in [0.25, 0.3) is 0 Å². The van der Waals surface area contributed by atoms with E-state index >= 15 is 0 Å². The molecule has 0 spiro atoms. The molecular formula is C16H12ClN3S2. The Labute approximate surface area is 141 Å². The van der Waals surface area contributed by atoms with Crippen molar-refractivity contribution in [2.24, 2.45) is 0 Å². The number of thiazole rings is 1. The molecule has 3 nitrogen and oxygen atoms in total. The van der Waals surface area contributed by atoms with Crippen molar-refractivity contribution in [3.63, 3.8) is 0 Å². The van der Waals surface area contributed by atoms with Crippen LogP contribution < -0.4 is 0 Å². The second kappa shape index (κ2) is 5.57. The van der Waals surface area contributed by atoms with E-state index in [0.717, 1.165) is 36.7 Å². The zero-order valence-electron chi connectivity index (χ0n) is 11.8. The molecule has 6 heteroatoms. The van der Waals surface area contributed by atoms with Crippen LogP contribution in [0.25, 0.3) is 15.9 Å². The van der Waals surface area contributed by atoms with Gasteiger partial charge in [-0.25, -0.2) is 9.97 Å². The highest BCUT2D eigenvalue weighted by Gasteiger charge is 2.08. The first-order valence-electron chi connectivity index (χ1n) is 6.81. The maximum atomic E-state index is 6.01. The zero-order chi connectivity index (χ0) is 15.1. The molecule has 110 valence electrons. The molecule has 0 aliphatic rings. The van der Waals surface area contributed by atoms with E-state index in [0.29, 0.717) is 0 Å². The van der Waals surface area contributed by atoms with E-state index in [2.05, 4.69) is 28.6 Å². The first kappa shape index (κ1) is 14.1. The Hall–Kier alpha value is -1.56. The van der Waals surface area contributed by atoms with Crippen molar-refractivity contribution in [3.8, 4) is 0 Å². The van der Waals surface area contributed by atoms with Crippen molar-refractivity contribution >= 4 is 50.6 Å². The van der Waals surface area contributed by atoms with E-state index in [9.17, 15) is 0 Å². The number of hydrogen-bond donors (Lipinski definition) is 0. The van der Waals surface area contributed by atoms with Crippen molar-refractivity contribution in [3.05, 3.63) is 59.0 Å². The lowest BCUT2D eigenvalue weighted by molar-refractivity contribution is 1.16. The Morgan fingerprint density at radius 2 is 2.18 bits per heavy atom. The quantitative estimate of drug-likeness (QED) is 0.478. The van der Waals surface area contributed by atoms with Crippen LogP contribution in [0, 0.1) is 6.92 Å². The minimum absolute atomic E-state index is 0.727. The molecular weight excluding hydrogens is 334 g/mol. The van der Waals surface area contributed by atoms with Crippen LogP contribution in [0.4, 0.5) is 0 Å². The summed E-state index contributed by atoms with van der Waals surface area (Å²) in [4.78, 5) is 9.32. The molecule has 0 aliphatic carbocycles. The third-order valence-corrected chi connectivity index (χ3v) is 5.85. The number of fused-ring (bicyclic) bond motifs is 2. The zero-order valence-corrected chi connectivity index (χ0v) is 14.2. The molecule has 0 fully saturated rings. The van der Waals surface area contributed by atoms with Gasteiger partial charge in [0, 0.05) is 23.2 Å². The molecule has 0 saturated carbocycles. The molecule has 1 aromatic carbocycles. The summed E-state index contributed by atoms with van der Waals surface area (Å²) in [5.74, 6) is 0.814. The van der Waals surface area contributed by atoms with E-state index in [-0.39, 0.29) is 0 Å². The van der Waals surface area contributed by atoms with E-state index in [1.165, 1.54) is 5.56 Å². The number of thioether (sulfide) groups is 1. The molecule has 0 N–H and O–H groups in total. The first-order valence-corrected chi connectivity index (χ1v) is 8.99. The summed E-state index contributed by atoms with van der Waals surface area (Å²) in [5, 5.41) is 0.727. The fourth-order valence-corrected chi connectivity index (χ4v) is 4.45. The fraction of sp³-hybridized carbons (Fsp3) is 0.125. The first-order chi connectivity index (χ1) is 10.7. The second-order valence-corrected chi connectivity index (χ2v) is 7.72. The molecule has 0 bridgehead atoms. The van der Waals surface area contributed by atoms with Crippen LogP contribution >= 0.6 is 34.7 Å². The number of imidazole rings is 1. The van der Waals surface area contributed by atoms with Crippen LogP contribution in [-0.2, 0) is 5.75 Å². The predicted octanol–water partition coefficient (Wildman–Crippen LogP) is 5.20. The fourth-order valence-electron chi connectivity index (χ4n) is 2.35. The molecule has 4 aromatic rings. The van der Waals surface area contributed by atoms with Gasteiger partial charge in [-0.05, 0) is 36.8 Å². The van der Waals surface area contributed by atoms with Gasteiger partial charge in [-0.15, -0.1) is 11.3 Å². The van der Waals surface area contributed by atoms with Crippen molar-refractivity contribution in [2.45, 2.75) is 17.0 Å². The number of pyridine rings is 1. The highest BCUT2D eigenvalue weighted by atomic mass is 35.5. The van der Waals surface area contributed by atoms with Gasteiger partial charge in [-0.2, -0.15) is 0 Å². The molecule has 0 saturated heterocycles. The van der Waals surface area contributed by atoms with Gasteiger partial charge in [0.1, 0.15) is 5.65 Å². The van der Waals surface area contributed by atoms with Crippen molar-refractivity contribution in [1.29, 1.82) is 0 Å². The van der Waals surface area contributed by atoms with Crippen LogP contribution in [-0.4, -0.2) is 14.4 Å². The van der Waals surface area contributed by atoms with Gasteiger partial charge in [-0.1, -0.05) is 29.4 Å². The summed E-state index contributed by atoms with van der Waals surface area (Å²) in [6.07, 6.45) is 4.11. The standard InChI is InChI=1S/C16H12ClN3S2/c1-10-3-2-6-20-8-12(18-15(10)20)9-21-16-19-13-7-11(17)4-5-14(13)22-16/h2-8H,9H2,1H3. The Morgan fingerprint density at radius 1 is 1.27 bits per heavy atom. The minimum atomic E-state index is 0.727. The normalized spacial score (nSPS) is 11.5. The SMILES string of the molecule is Cc1cccn2cc(CSc3nc4cc(Cl)ccc4s3)nc12. The largest absolute Gasteiger partial charge is 0.307 e. The van der Waals surface area contributed by atoms with Gasteiger partial charge in [0.15, 0.2) is 4.34 Å². The molecule has 4 rings (SSSR count). The third kappa shape index (κ3) is 2.60. The number of rotatable bonds is 3. The minimum Gasteiger partial charge on any atom is -0.307 e. The average Bonchev–Trinajstić information content (AvgIpc) is 3.08. The van der Waals surface area contributed by atoms with Gasteiger partial charge in [0.2, 0.25) is 0 Å². The summed E-state index contributed by atoms with van der Waals surface area (Å²) in [6, 6.07) is 9.95. The number of aryl methyl sites for hydroxylation is 1. The molecule has 3 heterocycles. The molecule has 0 atom stereocenters. The van der Waals surface area contributed by atoms with Gasteiger partial charge in [-0.3, -0.25) is 0 Å². The van der Waals surface area contributed by atoms with Gasteiger partial charge >= 0.3 is 0 Å². The molecule has 3 aromatic heterocycles. The lowest BCUT2D eigenvalue weighted by atomic mass is 10.3. The van der Waals surface area contributed by atoms with Crippen LogP contribution in [0.3, 0.4) is 0 Å². The predicted molar refractivity (Wildman–Crippen MR) is 94.1 cm³/mol. The van der Waals surface area contributed by atoms with Crippen molar-refractivity contribution in [2.75, 3.05) is 0 Å². The lowest BCUT2D eigenvalue weighted by Gasteiger charge is -1.94. The molecule has 0 unspecified atom stereocenters. The van der Waals surface area contributed by atoms with E-state index in [1.54, 1.807) is 23.1 Å². The van der Waals surface area contributed by atoms with E-state index in [1.807, 2.05) is 30.5 Å². The van der Waals surface area contributed by atoms with Crippen molar-refractivity contribution < 1.29 is 0 Å². The maximum Gasteiger partial charge on any atom is 0.151 e. The van der Waals surface area contributed by atoms with E-state index < -0.39 is 0 Å². The van der Waals surface area contributed by atoms with Crippen molar-refractivity contribution in [1.82, 2.24) is 14.4 Å². The van der Waals surface area contributed by atoms with E-state index in [4.69, 9.17) is 16.6 Å². The van der Waals surface area contributed by atoms with Crippen LogP contribution in [0.15, 0.2) is 47.1 Å². The van der Waals surface area contributed by atoms with Crippen LogP contribution in [0.5, 0.6) is 0 Å². The summed E-state index contributed by atoms with van der Waals surface area (Å²) < 4.78 is 4.28. The molecule has 0 amide bonds. The van der Waals surface area contributed by atoms with Crippen LogP contribution in [0.1, 0.15) is 11.3 Å². The van der Waals surface area contributed by atoms with Gasteiger partial charge in [0.05, 0.1) is 15.9 Å². The number of aromatic nitrogens is 3. The third-order valence-electron chi connectivity index (χ3n) is 3.40. The summed E-state index contributed by atoms with van der Waals surface area (Å²) >= 11 is 9.41. The van der Waals surface area contributed by atoms with Gasteiger partial charge < -0.3 is 4.40 Å². The monoisotopic (exact) mass is 345 g/mol. The lowest BCUT2D eigenvalue weighted by Crippen LogP contribution is -1.84. The second-order valence-electron chi connectivity index (χ2n) is 5.03.